The van der Waals surface area contributed by atoms with Crippen molar-refractivity contribution >= 4 is 14.6 Å². The molecule has 1 rings (SSSR count). The minimum atomic E-state index is -2.60. The van der Waals surface area contributed by atoms with Crippen LogP contribution in [0, 0.1) is 5.92 Å². The number of aliphatic carboxylic acids is 1. The summed E-state index contributed by atoms with van der Waals surface area (Å²) in [6, 6.07) is 0. The molecule has 0 aromatic rings. The fraction of sp³-hybridized carbons (Fsp3) is 0.800. The Morgan fingerprint density at radius 1 is 1.75 bits per heavy atom. The Labute approximate surface area is 68.8 Å². The van der Waals surface area contributed by atoms with Gasteiger partial charge in [0.15, 0.2) is 0 Å². The zero-order valence-electron chi connectivity index (χ0n) is 5.97. The summed E-state index contributed by atoms with van der Waals surface area (Å²) in [4.78, 5) is 26.7. The second kappa shape index (κ2) is 3.22. The molecule has 0 saturated heterocycles. The third kappa shape index (κ3) is 2.10. The summed E-state index contributed by atoms with van der Waals surface area (Å²) >= 11 is 0. The van der Waals surface area contributed by atoms with Crippen molar-refractivity contribution in [2.75, 3.05) is 6.61 Å². The summed E-state index contributed by atoms with van der Waals surface area (Å²) in [5.74, 6) is -2.28. The number of halogens is 1. The Kier molecular flexibility index (Phi) is 2.63. The predicted molar refractivity (Wildman–Crippen MR) is 36.9 cm³/mol. The molecule has 0 unspecified atom stereocenters. The second-order valence-electron chi connectivity index (χ2n) is 2.66. The van der Waals surface area contributed by atoms with E-state index in [2.05, 4.69) is 4.52 Å². The first-order valence-electron chi connectivity index (χ1n) is 3.18. The van der Waals surface area contributed by atoms with Crippen molar-refractivity contribution in [3.8, 4) is 0 Å². The molecule has 1 saturated carbocycles. The third-order valence-electron chi connectivity index (χ3n) is 1.73. The van der Waals surface area contributed by atoms with Crippen molar-refractivity contribution in [3.63, 3.8) is 0 Å². The van der Waals surface area contributed by atoms with Gasteiger partial charge in [0.05, 0.1) is 12.5 Å². The van der Waals surface area contributed by atoms with Crippen molar-refractivity contribution in [1.82, 2.24) is 0 Å². The van der Waals surface area contributed by atoms with Gasteiger partial charge in [-0.05, 0) is 0 Å². The number of hydrogen-bond acceptors (Lipinski definition) is 4. The molecule has 0 aromatic carbocycles. The number of rotatable bonds is 4. The van der Waals surface area contributed by atoms with E-state index in [9.17, 15) is 9.18 Å². The molecule has 1 aliphatic carbocycles. The van der Waals surface area contributed by atoms with Crippen LogP contribution >= 0.6 is 8.60 Å². The van der Waals surface area contributed by atoms with E-state index in [1.54, 1.807) is 0 Å². The van der Waals surface area contributed by atoms with E-state index in [1.807, 2.05) is 0 Å². The zero-order valence-corrected chi connectivity index (χ0v) is 6.87. The Hall–Kier alpha value is -0.290. The Balaban J connectivity index is 2.30. The first-order chi connectivity index (χ1) is 5.46. The lowest BCUT2D eigenvalue weighted by atomic mass is 10.3. The molecule has 1 fully saturated rings. The Morgan fingerprint density at radius 3 is 2.67 bits per heavy atom. The van der Waals surface area contributed by atoms with Crippen LogP contribution in [0.25, 0.3) is 0 Å². The Bertz CT molecular complexity index is 198. The van der Waals surface area contributed by atoms with Gasteiger partial charge in [-0.3, -0.25) is 4.79 Å². The van der Waals surface area contributed by atoms with E-state index in [4.69, 9.17) is 14.9 Å². The molecule has 0 bridgehead atoms. The highest BCUT2D eigenvalue weighted by Gasteiger charge is 2.60. The fourth-order valence-electron chi connectivity index (χ4n) is 0.914. The topological polar surface area (TPSA) is 87.0 Å². The molecule has 0 aromatic heterocycles. The van der Waals surface area contributed by atoms with Gasteiger partial charge in [-0.1, -0.05) is 0 Å². The standard InChI is InChI=1S/C5H8FO5P/c6-5(2-11-12(9)10)1-3(5)4(7)8/h3,9-10H,1-2H2,(H,7,8)/t3-,5+/m1/s1. The zero-order chi connectivity index (χ0) is 9.35. The molecule has 0 radical (unpaired) electrons. The lowest BCUT2D eigenvalue weighted by molar-refractivity contribution is -0.139. The first kappa shape index (κ1) is 9.80. The van der Waals surface area contributed by atoms with Gasteiger partial charge < -0.3 is 19.4 Å². The van der Waals surface area contributed by atoms with Crippen molar-refractivity contribution in [2.24, 2.45) is 5.92 Å². The number of hydrogen-bond donors (Lipinski definition) is 3. The highest BCUT2D eigenvalue weighted by Crippen LogP contribution is 2.49. The van der Waals surface area contributed by atoms with Crippen molar-refractivity contribution in [2.45, 2.75) is 12.1 Å². The largest absolute Gasteiger partial charge is 0.481 e. The van der Waals surface area contributed by atoms with Gasteiger partial charge in [0.2, 0.25) is 0 Å². The molecule has 0 amide bonds. The minimum absolute atomic E-state index is 0.120. The molecule has 5 nitrogen and oxygen atoms in total. The number of carboxylic acids is 1. The highest BCUT2D eigenvalue weighted by molar-refractivity contribution is 7.39. The molecule has 3 N–H and O–H groups in total. The van der Waals surface area contributed by atoms with Crippen LogP contribution < -0.4 is 0 Å². The molecule has 7 heteroatoms. The number of carbonyl (C=O) groups is 1. The molecule has 1 aliphatic rings. The van der Waals surface area contributed by atoms with Crippen molar-refractivity contribution < 1.29 is 28.6 Å². The lowest BCUT2D eigenvalue weighted by Gasteiger charge is -2.06. The van der Waals surface area contributed by atoms with E-state index < -0.39 is 32.8 Å². The molecule has 12 heavy (non-hydrogen) atoms. The molecule has 0 aliphatic heterocycles. The maximum atomic E-state index is 13.1. The third-order valence-corrected chi connectivity index (χ3v) is 2.09. The van der Waals surface area contributed by atoms with Crippen LogP contribution in [0.3, 0.4) is 0 Å². The van der Waals surface area contributed by atoms with Crippen LogP contribution in [0.2, 0.25) is 0 Å². The Morgan fingerprint density at radius 2 is 2.33 bits per heavy atom. The van der Waals surface area contributed by atoms with Gasteiger partial charge in [0.1, 0.15) is 5.67 Å². The minimum Gasteiger partial charge on any atom is -0.481 e. The van der Waals surface area contributed by atoms with Crippen LogP contribution in [-0.2, 0) is 9.32 Å². The quantitative estimate of drug-likeness (QED) is 0.554. The van der Waals surface area contributed by atoms with Gasteiger partial charge in [0, 0.05) is 6.42 Å². The summed E-state index contributed by atoms with van der Waals surface area (Å²) in [7, 11) is -2.60. The fourth-order valence-corrected chi connectivity index (χ4v) is 1.24. The van der Waals surface area contributed by atoms with Crippen molar-refractivity contribution in [3.05, 3.63) is 0 Å². The second-order valence-corrected chi connectivity index (χ2v) is 3.42. The first-order valence-corrected chi connectivity index (χ1v) is 4.35. The van der Waals surface area contributed by atoms with Crippen LogP contribution in [0.5, 0.6) is 0 Å². The van der Waals surface area contributed by atoms with E-state index in [1.165, 1.54) is 0 Å². The summed E-state index contributed by atoms with van der Waals surface area (Å²) in [6.45, 7) is -0.567. The highest BCUT2D eigenvalue weighted by atomic mass is 31.2. The van der Waals surface area contributed by atoms with E-state index in [0.29, 0.717) is 0 Å². The maximum absolute atomic E-state index is 13.1. The smallest absolute Gasteiger partial charge is 0.327 e. The van der Waals surface area contributed by atoms with Gasteiger partial charge in [-0.25, -0.2) is 4.39 Å². The lowest BCUT2D eigenvalue weighted by Crippen LogP contribution is -2.16. The van der Waals surface area contributed by atoms with Gasteiger partial charge in [-0.2, -0.15) is 0 Å². The van der Waals surface area contributed by atoms with E-state index >= 15 is 0 Å². The summed E-state index contributed by atoms with van der Waals surface area (Å²) < 4.78 is 17.2. The summed E-state index contributed by atoms with van der Waals surface area (Å²) in [6.07, 6.45) is -0.120. The van der Waals surface area contributed by atoms with Crippen LogP contribution in [0.4, 0.5) is 4.39 Å². The van der Waals surface area contributed by atoms with Crippen LogP contribution in [0.15, 0.2) is 0 Å². The molecular weight excluding hydrogens is 190 g/mol. The summed E-state index contributed by atoms with van der Waals surface area (Å²) in [5.41, 5.74) is -1.90. The molecule has 2 atom stereocenters. The van der Waals surface area contributed by atoms with Gasteiger partial charge in [-0.15, -0.1) is 0 Å². The van der Waals surface area contributed by atoms with Gasteiger partial charge >= 0.3 is 14.6 Å². The molecule has 0 heterocycles. The van der Waals surface area contributed by atoms with E-state index in [0.717, 1.165) is 0 Å². The predicted octanol–water partition coefficient (Wildman–Crippen LogP) is 0.0273. The molecule has 0 spiro atoms. The number of carboxylic acid groups (broad SMARTS) is 1. The monoisotopic (exact) mass is 198 g/mol. The number of alkyl halides is 1. The maximum Gasteiger partial charge on any atom is 0.327 e. The summed E-state index contributed by atoms with van der Waals surface area (Å²) in [5, 5.41) is 8.34. The van der Waals surface area contributed by atoms with E-state index in [-0.39, 0.29) is 6.42 Å². The average molecular weight is 198 g/mol. The average Bonchev–Trinajstić information content (AvgIpc) is 2.60. The normalized spacial score (nSPS) is 33.8. The van der Waals surface area contributed by atoms with Crippen LogP contribution in [-0.4, -0.2) is 33.1 Å². The van der Waals surface area contributed by atoms with Gasteiger partial charge in [0.25, 0.3) is 0 Å². The SMILES string of the molecule is O=C(O)[C@H]1C[C@]1(F)COP(O)O. The molecular formula is C5H8FO5P. The van der Waals surface area contributed by atoms with Crippen LogP contribution in [0.1, 0.15) is 6.42 Å². The molecule has 70 valence electrons. The van der Waals surface area contributed by atoms with Crippen molar-refractivity contribution in [1.29, 1.82) is 0 Å².